The van der Waals surface area contributed by atoms with E-state index >= 15 is 0 Å². The van der Waals surface area contributed by atoms with Gasteiger partial charge in [0.2, 0.25) is 0 Å². The van der Waals surface area contributed by atoms with Gasteiger partial charge in [0.1, 0.15) is 0 Å². The third kappa shape index (κ3) is 2.71. The summed E-state index contributed by atoms with van der Waals surface area (Å²) in [5.74, 6) is 0. The van der Waals surface area contributed by atoms with Gasteiger partial charge >= 0.3 is 0 Å². The third-order valence-electron chi connectivity index (χ3n) is 2.34. The van der Waals surface area contributed by atoms with Crippen LogP contribution in [0.2, 0.25) is 0 Å². The van der Waals surface area contributed by atoms with Gasteiger partial charge in [0.15, 0.2) is 0 Å². The molecule has 0 radical (unpaired) electrons. The van der Waals surface area contributed by atoms with Crippen LogP contribution in [-0.2, 0) is 6.54 Å². The molecular weight excluding hydrogens is 218 g/mol. The summed E-state index contributed by atoms with van der Waals surface area (Å²) in [7, 11) is 0. The van der Waals surface area contributed by atoms with Gasteiger partial charge in [0, 0.05) is 28.6 Å². The Labute approximate surface area is 99.9 Å². The van der Waals surface area contributed by atoms with E-state index in [2.05, 4.69) is 53.1 Å². The van der Waals surface area contributed by atoms with Crippen molar-refractivity contribution >= 4 is 11.3 Å². The minimum Gasteiger partial charge on any atom is -0.308 e. The van der Waals surface area contributed by atoms with Gasteiger partial charge in [-0.15, -0.1) is 0 Å². The first-order chi connectivity index (χ1) is 7.56. The lowest BCUT2D eigenvalue weighted by Crippen LogP contribution is -2.35. The molecular formula is C12H17N3S. The fraction of sp³-hybridized carbons (Fsp3) is 0.417. The standard InChI is InChI=1S/C12H17N3S/c1-12(2,3)13-6-10-7-14-15-11(10)9-4-5-16-8-9/h4-5,7-8,13H,6H2,1-3H3,(H,14,15). The van der Waals surface area contributed by atoms with Crippen molar-refractivity contribution in [1.82, 2.24) is 15.5 Å². The lowest BCUT2D eigenvalue weighted by molar-refractivity contribution is 0.424. The van der Waals surface area contributed by atoms with Crippen molar-refractivity contribution in [3.63, 3.8) is 0 Å². The highest BCUT2D eigenvalue weighted by molar-refractivity contribution is 7.08. The van der Waals surface area contributed by atoms with E-state index in [-0.39, 0.29) is 5.54 Å². The number of aromatic nitrogens is 2. The highest BCUT2D eigenvalue weighted by Gasteiger charge is 2.12. The number of aromatic amines is 1. The van der Waals surface area contributed by atoms with Crippen molar-refractivity contribution in [3.8, 4) is 11.3 Å². The predicted molar refractivity (Wildman–Crippen MR) is 68.5 cm³/mol. The minimum absolute atomic E-state index is 0.128. The van der Waals surface area contributed by atoms with Crippen molar-refractivity contribution in [1.29, 1.82) is 0 Å². The molecule has 0 aromatic carbocycles. The van der Waals surface area contributed by atoms with Crippen LogP contribution in [0.4, 0.5) is 0 Å². The summed E-state index contributed by atoms with van der Waals surface area (Å²) in [6, 6.07) is 2.11. The van der Waals surface area contributed by atoms with Crippen LogP contribution < -0.4 is 5.32 Å². The molecule has 0 amide bonds. The lowest BCUT2D eigenvalue weighted by Gasteiger charge is -2.20. The van der Waals surface area contributed by atoms with Crippen LogP contribution in [0.3, 0.4) is 0 Å². The summed E-state index contributed by atoms with van der Waals surface area (Å²) >= 11 is 1.70. The highest BCUT2D eigenvalue weighted by Crippen LogP contribution is 2.23. The van der Waals surface area contributed by atoms with Crippen molar-refractivity contribution in [3.05, 3.63) is 28.6 Å². The Hall–Kier alpha value is -1.13. The second-order valence-electron chi connectivity index (χ2n) is 4.89. The topological polar surface area (TPSA) is 40.7 Å². The average molecular weight is 235 g/mol. The zero-order valence-electron chi connectivity index (χ0n) is 9.87. The first-order valence-corrected chi connectivity index (χ1v) is 6.30. The molecule has 0 saturated heterocycles. The molecule has 0 aliphatic heterocycles. The summed E-state index contributed by atoms with van der Waals surface area (Å²) in [5, 5.41) is 14.9. The van der Waals surface area contributed by atoms with E-state index in [1.54, 1.807) is 11.3 Å². The van der Waals surface area contributed by atoms with Crippen LogP contribution in [0.25, 0.3) is 11.3 Å². The maximum atomic E-state index is 4.12. The van der Waals surface area contributed by atoms with Crippen LogP contribution in [0.15, 0.2) is 23.0 Å². The molecule has 3 nitrogen and oxygen atoms in total. The quantitative estimate of drug-likeness (QED) is 0.858. The molecule has 0 aliphatic carbocycles. The molecule has 2 aromatic heterocycles. The zero-order valence-corrected chi connectivity index (χ0v) is 10.7. The van der Waals surface area contributed by atoms with Crippen molar-refractivity contribution in [2.75, 3.05) is 0 Å². The van der Waals surface area contributed by atoms with Crippen LogP contribution in [0.5, 0.6) is 0 Å². The summed E-state index contributed by atoms with van der Waals surface area (Å²) in [4.78, 5) is 0. The molecule has 0 aliphatic rings. The Balaban J connectivity index is 2.14. The molecule has 86 valence electrons. The summed E-state index contributed by atoms with van der Waals surface area (Å²) in [6.07, 6.45) is 1.89. The first-order valence-electron chi connectivity index (χ1n) is 5.36. The molecule has 0 bridgehead atoms. The SMILES string of the molecule is CC(C)(C)NCc1cn[nH]c1-c1ccsc1. The van der Waals surface area contributed by atoms with Gasteiger partial charge < -0.3 is 5.32 Å². The molecule has 2 aromatic rings. The lowest BCUT2D eigenvalue weighted by atomic mass is 10.1. The van der Waals surface area contributed by atoms with Gasteiger partial charge in [0.05, 0.1) is 11.9 Å². The molecule has 0 fully saturated rings. The van der Waals surface area contributed by atoms with E-state index in [1.165, 1.54) is 11.1 Å². The largest absolute Gasteiger partial charge is 0.308 e. The number of H-pyrrole nitrogens is 1. The van der Waals surface area contributed by atoms with Crippen LogP contribution in [0, 0.1) is 0 Å². The van der Waals surface area contributed by atoms with E-state index < -0.39 is 0 Å². The number of nitrogens with zero attached hydrogens (tertiary/aromatic N) is 1. The fourth-order valence-corrected chi connectivity index (χ4v) is 2.11. The van der Waals surface area contributed by atoms with Gasteiger partial charge in [-0.3, -0.25) is 5.10 Å². The summed E-state index contributed by atoms with van der Waals surface area (Å²) in [6.45, 7) is 7.33. The van der Waals surface area contributed by atoms with E-state index in [1.807, 2.05) is 6.20 Å². The third-order valence-corrected chi connectivity index (χ3v) is 3.02. The number of thiophene rings is 1. The molecule has 0 saturated carbocycles. The summed E-state index contributed by atoms with van der Waals surface area (Å²) < 4.78 is 0. The minimum atomic E-state index is 0.128. The van der Waals surface area contributed by atoms with Gasteiger partial charge in [0.25, 0.3) is 0 Å². The number of hydrogen-bond acceptors (Lipinski definition) is 3. The van der Waals surface area contributed by atoms with E-state index in [0.717, 1.165) is 12.2 Å². The second-order valence-corrected chi connectivity index (χ2v) is 5.67. The van der Waals surface area contributed by atoms with E-state index in [9.17, 15) is 0 Å². The maximum absolute atomic E-state index is 4.12. The van der Waals surface area contributed by atoms with Gasteiger partial charge in [-0.2, -0.15) is 16.4 Å². The molecule has 16 heavy (non-hydrogen) atoms. The fourth-order valence-electron chi connectivity index (χ4n) is 1.46. The van der Waals surface area contributed by atoms with Gasteiger partial charge in [-0.05, 0) is 32.2 Å². The Kier molecular flexibility index (Phi) is 3.12. The Bertz CT molecular complexity index is 437. The van der Waals surface area contributed by atoms with Crippen LogP contribution in [0.1, 0.15) is 26.3 Å². The predicted octanol–water partition coefficient (Wildman–Crippen LogP) is 3.03. The first kappa shape index (κ1) is 11.4. The molecule has 0 atom stereocenters. The molecule has 0 spiro atoms. The number of rotatable bonds is 3. The molecule has 4 heteroatoms. The monoisotopic (exact) mass is 235 g/mol. The molecule has 2 rings (SSSR count). The average Bonchev–Trinajstić information content (AvgIpc) is 2.84. The molecule has 0 unspecified atom stereocenters. The van der Waals surface area contributed by atoms with Gasteiger partial charge in [-0.25, -0.2) is 0 Å². The van der Waals surface area contributed by atoms with Crippen molar-refractivity contribution < 1.29 is 0 Å². The van der Waals surface area contributed by atoms with Crippen molar-refractivity contribution in [2.45, 2.75) is 32.9 Å². The van der Waals surface area contributed by atoms with E-state index in [0.29, 0.717) is 0 Å². The number of hydrogen-bond donors (Lipinski definition) is 2. The number of nitrogens with one attached hydrogen (secondary N) is 2. The van der Waals surface area contributed by atoms with Gasteiger partial charge in [-0.1, -0.05) is 0 Å². The Morgan fingerprint density at radius 1 is 1.44 bits per heavy atom. The smallest absolute Gasteiger partial charge is 0.0703 e. The van der Waals surface area contributed by atoms with E-state index in [4.69, 9.17) is 0 Å². The summed E-state index contributed by atoms with van der Waals surface area (Å²) in [5.41, 5.74) is 3.68. The van der Waals surface area contributed by atoms with Crippen molar-refractivity contribution in [2.24, 2.45) is 0 Å². The normalized spacial score (nSPS) is 11.9. The molecule has 2 N–H and O–H groups in total. The van der Waals surface area contributed by atoms with Crippen LogP contribution in [-0.4, -0.2) is 15.7 Å². The zero-order chi connectivity index (χ0) is 11.6. The Morgan fingerprint density at radius 3 is 2.88 bits per heavy atom. The molecule has 2 heterocycles. The maximum Gasteiger partial charge on any atom is 0.0703 e. The van der Waals surface area contributed by atoms with Crippen LogP contribution >= 0.6 is 11.3 Å². The highest BCUT2D eigenvalue weighted by atomic mass is 32.1. The second kappa shape index (κ2) is 4.39. The Morgan fingerprint density at radius 2 is 2.25 bits per heavy atom.